The minimum atomic E-state index is 0.195. The zero-order valence-electron chi connectivity index (χ0n) is 8.83. The first-order chi connectivity index (χ1) is 6.69. The molecule has 1 N–H and O–H groups in total. The van der Waals surface area contributed by atoms with Gasteiger partial charge in [-0.1, -0.05) is 0 Å². The van der Waals surface area contributed by atoms with Crippen LogP contribution < -0.4 is 4.74 Å². The molecule has 0 saturated carbocycles. The van der Waals surface area contributed by atoms with Gasteiger partial charge < -0.3 is 9.84 Å². The van der Waals surface area contributed by atoms with E-state index in [0.717, 1.165) is 10.6 Å². The Kier molecular flexibility index (Phi) is 4.29. The largest absolute Gasteiger partial charge is 0.496 e. The summed E-state index contributed by atoms with van der Waals surface area (Å²) >= 11 is 1.62. The molecule has 1 aromatic carbocycles. The topological polar surface area (TPSA) is 29.5 Å². The van der Waals surface area contributed by atoms with Gasteiger partial charge in [-0.2, -0.15) is 0 Å². The van der Waals surface area contributed by atoms with Crippen LogP contribution in [-0.4, -0.2) is 24.6 Å². The molecular weight excluding hydrogens is 196 g/mol. The summed E-state index contributed by atoms with van der Waals surface area (Å²) in [6.45, 7) is 4.34. The Morgan fingerprint density at radius 3 is 2.50 bits per heavy atom. The fraction of sp³-hybridized carbons (Fsp3) is 0.455. The Labute approximate surface area is 89.3 Å². The number of aryl methyl sites for hydroxylation is 2. The molecule has 3 heteroatoms. The van der Waals surface area contributed by atoms with Gasteiger partial charge in [-0.3, -0.25) is 0 Å². The minimum absolute atomic E-state index is 0.195. The molecule has 0 unspecified atom stereocenters. The maximum Gasteiger partial charge on any atom is 0.132 e. The maximum absolute atomic E-state index is 8.75. The minimum Gasteiger partial charge on any atom is -0.496 e. The SMILES string of the molecule is COc1cc(C)c(C)cc1SCCO. The first-order valence-corrected chi connectivity index (χ1v) is 5.56. The number of ether oxygens (including phenoxy) is 1. The molecule has 0 fully saturated rings. The molecule has 0 spiro atoms. The number of hydrogen-bond acceptors (Lipinski definition) is 3. The molecule has 0 bridgehead atoms. The van der Waals surface area contributed by atoms with Crippen molar-refractivity contribution in [3.05, 3.63) is 23.3 Å². The molecule has 0 aliphatic carbocycles. The van der Waals surface area contributed by atoms with Crippen molar-refractivity contribution in [3.8, 4) is 5.75 Å². The smallest absolute Gasteiger partial charge is 0.132 e. The van der Waals surface area contributed by atoms with Crippen LogP contribution >= 0.6 is 11.8 Å². The molecule has 0 radical (unpaired) electrons. The van der Waals surface area contributed by atoms with Gasteiger partial charge in [0, 0.05) is 10.6 Å². The van der Waals surface area contributed by atoms with Crippen molar-refractivity contribution in [3.63, 3.8) is 0 Å². The van der Waals surface area contributed by atoms with E-state index in [-0.39, 0.29) is 6.61 Å². The molecule has 78 valence electrons. The van der Waals surface area contributed by atoms with E-state index in [1.165, 1.54) is 11.1 Å². The van der Waals surface area contributed by atoms with E-state index in [2.05, 4.69) is 19.9 Å². The third kappa shape index (κ3) is 2.66. The number of methoxy groups -OCH3 is 1. The first kappa shape index (κ1) is 11.4. The second kappa shape index (κ2) is 5.27. The molecule has 0 aliphatic heterocycles. The predicted octanol–water partition coefficient (Wildman–Crippen LogP) is 2.40. The van der Waals surface area contributed by atoms with Crippen molar-refractivity contribution in [1.82, 2.24) is 0 Å². The molecule has 0 saturated heterocycles. The Morgan fingerprint density at radius 2 is 1.93 bits per heavy atom. The average Bonchev–Trinajstić information content (AvgIpc) is 2.19. The van der Waals surface area contributed by atoms with Crippen LogP contribution in [0.25, 0.3) is 0 Å². The summed E-state index contributed by atoms with van der Waals surface area (Å²) in [5, 5.41) is 8.75. The monoisotopic (exact) mass is 212 g/mol. The maximum atomic E-state index is 8.75. The molecule has 0 atom stereocenters. The van der Waals surface area contributed by atoms with E-state index >= 15 is 0 Å². The Bertz CT molecular complexity index is 310. The van der Waals surface area contributed by atoms with Crippen LogP contribution in [0, 0.1) is 13.8 Å². The highest BCUT2D eigenvalue weighted by Gasteiger charge is 2.05. The van der Waals surface area contributed by atoms with Crippen molar-refractivity contribution in [1.29, 1.82) is 0 Å². The zero-order chi connectivity index (χ0) is 10.6. The highest BCUT2D eigenvalue weighted by molar-refractivity contribution is 7.99. The van der Waals surface area contributed by atoms with Crippen molar-refractivity contribution >= 4 is 11.8 Å². The highest BCUT2D eigenvalue weighted by Crippen LogP contribution is 2.31. The predicted molar refractivity (Wildman–Crippen MR) is 60.3 cm³/mol. The number of aliphatic hydroxyl groups excluding tert-OH is 1. The lowest BCUT2D eigenvalue weighted by Gasteiger charge is -2.10. The van der Waals surface area contributed by atoms with E-state index in [9.17, 15) is 0 Å². The van der Waals surface area contributed by atoms with Crippen LogP contribution in [0.1, 0.15) is 11.1 Å². The summed E-state index contributed by atoms with van der Waals surface area (Å²) in [7, 11) is 1.67. The van der Waals surface area contributed by atoms with E-state index in [1.807, 2.05) is 6.07 Å². The number of benzene rings is 1. The molecule has 2 nitrogen and oxygen atoms in total. The second-order valence-electron chi connectivity index (χ2n) is 3.16. The third-order valence-electron chi connectivity index (χ3n) is 2.13. The van der Waals surface area contributed by atoms with Gasteiger partial charge in [0.1, 0.15) is 5.75 Å². The molecule has 0 aromatic heterocycles. The normalized spacial score (nSPS) is 10.3. The van der Waals surface area contributed by atoms with Gasteiger partial charge in [-0.05, 0) is 37.1 Å². The lowest BCUT2D eigenvalue weighted by atomic mass is 10.1. The van der Waals surface area contributed by atoms with Gasteiger partial charge in [0.25, 0.3) is 0 Å². The van der Waals surface area contributed by atoms with Gasteiger partial charge >= 0.3 is 0 Å². The third-order valence-corrected chi connectivity index (χ3v) is 3.15. The number of thioether (sulfide) groups is 1. The molecule has 0 amide bonds. The van der Waals surface area contributed by atoms with Crippen LogP contribution in [0.15, 0.2) is 17.0 Å². The van der Waals surface area contributed by atoms with Crippen LogP contribution in [0.4, 0.5) is 0 Å². The Hall–Kier alpha value is -0.670. The van der Waals surface area contributed by atoms with Gasteiger partial charge in [0.2, 0.25) is 0 Å². The van der Waals surface area contributed by atoms with Gasteiger partial charge in [-0.25, -0.2) is 0 Å². The second-order valence-corrected chi connectivity index (χ2v) is 4.30. The average molecular weight is 212 g/mol. The van der Waals surface area contributed by atoms with E-state index in [1.54, 1.807) is 18.9 Å². The lowest BCUT2D eigenvalue weighted by molar-refractivity contribution is 0.322. The number of hydrogen-bond donors (Lipinski definition) is 1. The lowest BCUT2D eigenvalue weighted by Crippen LogP contribution is -1.92. The fourth-order valence-electron chi connectivity index (χ4n) is 1.19. The Balaban J connectivity index is 2.95. The summed E-state index contributed by atoms with van der Waals surface area (Å²) in [5.41, 5.74) is 2.49. The summed E-state index contributed by atoms with van der Waals surface area (Å²) in [6.07, 6.45) is 0. The molecule has 0 aliphatic rings. The first-order valence-electron chi connectivity index (χ1n) is 4.58. The van der Waals surface area contributed by atoms with Crippen LogP contribution in [0.3, 0.4) is 0 Å². The summed E-state index contributed by atoms with van der Waals surface area (Å²) in [4.78, 5) is 1.10. The van der Waals surface area contributed by atoms with Crippen molar-refractivity contribution in [2.75, 3.05) is 19.5 Å². The van der Waals surface area contributed by atoms with Crippen LogP contribution in [0.5, 0.6) is 5.75 Å². The molecular formula is C11H16O2S. The molecule has 14 heavy (non-hydrogen) atoms. The molecule has 1 rings (SSSR count). The quantitative estimate of drug-likeness (QED) is 0.777. The van der Waals surface area contributed by atoms with Crippen molar-refractivity contribution in [2.45, 2.75) is 18.7 Å². The van der Waals surface area contributed by atoms with E-state index < -0.39 is 0 Å². The van der Waals surface area contributed by atoms with E-state index in [0.29, 0.717) is 5.75 Å². The molecule has 0 heterocycles. The van der Waals surface area contributed by atoms with Crippen LogP contribution in [-0.2, 0) is 0 Å². The fourth-order valence-corrected chi connectivity index (χ4v) is 2.05. The molecule has 1 aromatic rings. The Morgan fingerprint density at radius 1 is 1.29 bits per heavy atom. The van der Waals surface area contributed by atoms with E-state index in [4.69, 9.17) is 9.84 Å². The van der Waals surface area contributed by atoms with Gasteiger partial charge in [-0.15, -0.1) is 11.8 Å². The van der Waals surface area contributed by atoms with Crippen molar-refractivity contribution in [2.24, 2.45) is 0 Å². The van der Waals surface area contributed by atoms with Gasteiger partial charge in [0.05, 0.1) is 13.7 Å². The standard InChI is InChI=1S/C11H16O2S/c1-8-6-10(13-3)11(7-9(8)2)14-5-4-12/h6-7,12H,4-5H2,1-3H3. The summed E-state index contributed by atoms with van der Waals surface area (Å²) in [5.74, 6) is 1.60. The summed E-state index contributed by atoms with van der Waals surface area (Å²) < 4.78 is 5.28. The number of aliphatic hydroxyl groups is 1. The zero-order valence-corrected chi connectivity index (χ0v) is 9.65. The van der Waals surface area contributed by atoms with Crippen molar-refractivity contribution < 1.29 is 9.84 Å². The number of rotatable bonds is 4. The van der Waals surface area contributed by atoms with Gasteiger partial charge in [0.15, 0.2) is 0 Å². The van der Waals surface area contributed by atoms with Crippen LogP contribution in [0.2, 0.25) is 0 Å². The summed E-state index contributed by atoms with van der Waals surface area (Å²) in [6, 6.07) is 4.14. The highest BCUT2D eigenvalue weighted by atomic mass is 32.2.